The number of nitrogens with zero attached hydrogens (tertiary/aromatic N) is 2. The third-order valence-electron chi connectivity index (χ3n) is 6.11. The van der Waals surface area contributed by atoms with Gasteiger partial charge in [-0.25, -0.2) is 16.8 Å². The molecule has 1 amide bonds. The van der Waals surface area contributed by atoms with Gasteiger partial charge in [0.25, 0.3) is 5.91 Å². The number of hydrogen-bond donors (Lipinski definition) is 1. The fourth-order valence-electron chi connectivity index (χ4n) is 4.03. The molecule has 208 valence electrons. The summed E-state index contributed by atoms with van der Waals surface area (Å²) in [7, 11) is -5.98. The third kappa shape index (κ3) is 6.45. The first kappa shape index (κ1) is 28.3. The Kier molecular flexibility index (Phi) is 9.23. The number of amides is 1. The summed E-state index contributed by atoms with van der Waals surface area (Å²) >= 11 is 0. The zero-order valence-corrected chi connectivity index (χ0v) is 22.6. The minimum Gasteiger partial charge on any atom is -0.496 e. The summed E-state index contributed by atoms with van der Waals surface area (Å²) in [5, 5.41) is 2.69. The van der Waals surface area contributed by atoms with E-state index in [0.29, 0.717) is 45.3 Å². The van der Waals surface area contributed by atoms with Crippen LogP contribution < -0.4 is 14.8 Å². The van der Waals surface area contributed by atoms with E-state index in [0.717, 1.165) is 0 Å². The minimum absolute atomic E-state index is 0.00581. The summed E-state index contributed by atoms with van der Waals surface area (Å²) in [6, 6.07) is 10.2. The number of hydrogen-bond acceptors (Lipinski definition) is 9. The lowest BCUT2D eigenvalue weighted by atomic mass is 10.2. The number of methoxy groups -OCH3 is 1. The molecule has 0 bridgehead atoms. The number of nitrogens with one attached hydrogen (secondary N) is 1. The van der Waals surface area contributed by atoms with Crippen molar-refractivity contribution in [1.29, 1.82) is 0 Å². The van der Waals surface area contributed by atoms with E-state index in [1.807, 2.05) is 0 Å². The van der Waals surface area contributed by atoms with Crippen LogP contribution >= 0.6 is 0 Å². The normalized spacial score (nSPS) is 17.6. The van der Waals surface area contributed by atoms with Gasteiger partial charge >= 0.3 is 0 Å². The number of ether oxygens (including phenoxy) is 4. The van der Waals surface area contributed by atoms with Gasteiger partial charge in [-0.1, -0.05) is 0 Å². The van der Waals surface area contributed by atoms with Crippen molar-refractivity contribution >= 4 is 26.0 Å². The van der Waals surface area contributed by atoms with Crippen LogP contribution in [0.2, 0.25) is 0 Å². The molecule has 1 N–H and O–H groups in total. The zero-order chi connectivity index (χ0) is 27.2. The largest absolute Gasteiger partial charge is 0.496 e. The predicted molar refractivity (Wildman–Crippen MR) is 136 cm³/mol. The van der Waals surface area contributed by atoms with Crippen LogP contribution in [0.4, 0.5) is 0 Å². The molecule has 2 aromatic rings. The average molecular weight is 570 g/mol. The molecule has 0 unspecified atom stereocenters. The molecule has 0 spiro atoms. The molecule has 0 atom stereocenters. The molecule has 2 aromatic carbocycles. The van der Waals surface area contributed by atoms with E-state index in [9.17, 15) is 21.6 Å². The van der Waals surface area contributed by atoms with Crippen LogP contribution in [-0.4, -0.2) is 104 Å². The second-order valence-electron chi connectivity index (χ2n) is 8.47. The van der Waals surface area contributed by atoms with Gasteiger partial charge in [-0.05, 0) is 42.5 Å². The van der Waals surface area contributed by atoms with Crippen molar-refractivity contribution in [3.05, 3.63) is 48.0 Å². The van der Waals surface area contributed by atoms with Crippen molar-refractivity contribution < 1.29 is 40.6 Å². The first-order valence-electron chi connectivity index (χ1n) is 12.1. The molecule has 2 heterocycles. The van der Waals surface area contributed by atoms with Crippen LogP contribution in [0.15, 0.2) is 52.3 Å². The summed E-state index contributed by atoms with van der Waals surface area (Å²) < 4.78 is 75.5. The van der Waals surface area contributed by atoms with Crippen LogP contribution in [-0.2, 0) is 29.5 Å². The maximum atomic E-state index is 13.0. The molecule has 0 saturated carbocycles. The Balaban J connectivity index is 1.34. The molecule has 2 fully saturated rings. The highest BCUT2D eigenvalue weighted by Gasteiger charge is 2.28. The average Bonchev–Trinajstić information content (AvgIpc) is 2.96. The van der Waals surface area contributed by atoms with Gasteiger partial charge in [0.1, 0.15) is 18.1 Å². The fourth-order valence-corrected chi connectivity index (χ4v) is 6.88. The van der Waals surface area contributed by atoms with Gasteiger partial charge in [0.05, 0.1) is 55.4 Å². The first-order valence-corrected chi connectivity index (χ1v) is 15.0. The van der Waals surface area contributed by atoms with Crippen molar-refractivity contribution in [2.24, 2.45) is 0 Å². The first-order chi connectivity index (χ1) is 18.2. The smallest absolute Gasteiger partial charge is 0.255 e. The molecule has 2 saturated heterocycles. The highest BCUT2D eigenvalue weighted by molar-refractivity contribution is 7.89. The van der Waals surface area contributed by atoms with Crippen LogP contribution in [0.25, 0.3) is 0 Å². The van der Waals surface area contributed by atoms with E-state index in [1.54, 1.807) is 12.1 Å². The summed E-state index contributed by atoms with van der Waals surface area (Å²) in [6.07, 6.45) is 0. The Morgan fingerprint density at radius 1 is 0.842 bits per heavy atom. The number of sulfonamides is 2. The van der Waals surface area contributed by atoms with Gasteiger partial charge in [0.15, 0.2) is 0 Å². The number of benzene rings is 2. The summed E-state index contributed by atoms with van der Waals surface area (Å²) in [5.41, 5.74) is 0.0829. The van der Waals surface area contributed by atoms with Gasteiger partial charge in [-0.2, -0.15) is 8.61 Å². The second-order valence-corrected chi connectivity index (χ2v) is 12.3. The fraction of sp³-hybridized carbons (Fsp3) is 0.458. The van der Waals surface area contributed by atoms with Crippen molar-refractivity contribution in [2.75, 3.05) is 72.9 Å². The molecule has 4 rings (SSSR count). The van der Waals surface area contributed by atoms with E-state index in [-0.39, 0.29) is 47.3 Å². The summed E-state index contributed by atoms with van der Waals surface area (Å²) in [4.78, 5) is 13.0. The molecule has 14 heteroatoms. The molecule has 0 aliphatic carbocycles. The lowest BCUT2D eigenvalue weighted by Gasteiger charge is -2.26. The van der Waals surface area contributed by atoms with Gasteiger partial charge < -0.3 is 24.3 Å². The Morgan fingerprint density at radius 3 is 1.92 bits per heavy atom. The molecular weight excluding hydrogens is 538 g/mol. The molecule has 2 aliphatic rings. The van der Waals surface area contributed by atoms with Crippen LogP contribution in [0.1, 0.15) is 10.4 Å². The molecule has 0 aromatic heterocycles. The molecular formula is C24H31N3O9S2. The Morgan fingerprint density at radius 2 is 1.37 bits per heavy atom. The standard InChI is InChI=1S/C24H31N3O9S2/c1-33-23-7-6-21(38(31,32)27-11-16-35-17-12-27)18-22(23)24(28)25-8-13-36-19-2-4-20(5-3-19)37(29,30)26-9-14-34-15-10-26/h2-7,18H,8-17H2,1H3,(H,25,28). The van der Waals surface area contributed by atoms with Gasteiger partial charge in [0, 0.05) is 26.2 Å². The SMILES string of the molecule is COc1ccc(S(=O)(=O)N2CCOCC2)cc1C(=O)NCCOc1ccc(S(=O)(=O)N2CCOCC2)cc1. The molecule has 0 radical (unpaired) electrons. The number of carbonyl (C=O) groups excluding carboxylic acids is 1. The minimum atomic E-state index is -3.78. The van der Waals surface area contributed by atoms with E-state index in [4.69, 9.17) is 18.9 Å². The maximum Gasteiger partial charge on any atom is 0.255 e. The van der Waals surface area contributed by atoms with Gasteiger partial charge in [0.2, 0.25) is 20.0 Å². The monoisotopic (exact) mass is 569 g/mol. The Bertz CT molecular complexity index is 1320. The quantitative estimate of drug-likeness (QED) is 0.406. The van der Waals surface area contributed by atoms with E-state index >= 15 is 0 Å². The van der Waals surface area contributed by atoms with Crippen molar-refractivity contribution in [3.8, 4) is 11.5 Å². The summed E-state index contributed by atoms with van der Waals surface area (Å²) in [6.45, 7) is 2.70. The zero-order valence-electron chi connectivity index (χ0n) is 21.0. The molecule has 12 nitrogen and oxygen atoms in total. The third-order valence-corrected chi connectivity index (χ3v) is 9.92. The van der Waals surface area contributed by atoms with Crippen molar-refractivity contribution in [1.82, 2.24) is 13.9 Å². The van der Waals surface area contributed by atoms with Gasteiger partial charge in [-0.3, -0.25) is 4.79 Å². The van der Waals surface area contributed by atoms with E-state index in [2.05, 4.69) is 5.32 Å². The lowest BCUT2D eigenvalue weighted by Crippen LogP contribution is -2.40. The highest BCUT2D eigenvalue weighted by atomic mass is 32.2. The van der Waals surface area contributed by atoms with Crippen LogP contribution in [0.5, 0.6) is 11.5 Å². The Labute approximate surface area is 222 Å². The van der Waals surface area contributed by atoms with Crippen LogP contribution in [0.3, 0.4) is 0 Å². The van der Waals surface area contributed by atoms with Gasteiger partial charge in [-0.15, -0.1) is 0 Å². The highest BCUT2D eigenvalue weighted by Crippen LogP contribution is 2.25. The summed E-state index contributed by atoms with van der Waals surface area (Å²) in [5.74, 6) is 0.161. The number of rotatable bonds is 10. The van der Waals surface area contributed by atoms with Crippen molar-refractivity contribution in [2.45, 2.75) is 9.79 Å². The van der Waals surface area contributed by atoms with Crippen molar-refractivity contribution in [3.63, 3.8) is 0 Å². The van der Waals surface area contributed by atoms with E-state index in [1.165, 1.54) is 46.1 Å². The number of carbonyl (C=O) groups is 1. The second kappa shape index (κ2) is 12.4. The number of morpholine rings is 2. The van der Waals surface area contributed by atoms with Crippen LogP contribution in [0, 0.1) is 0 Å². The molecule has 38 heavy (non-hydrogen) atoms. The van der Waals surface area contributed by atoms with E-state index < -0.39 is 26.0 Å². The topological polar surface area (TPSA) is 141 Å². The Hall–Kier alpha value is -2.75. The predicted octanol–water partition coefficient (Wildman–Crippen LogP) is 0.546. The molecule has 2 aliphatic heterocycles. The lowest BCUT2D eigenvalue weighted by molar-refractivity contribution is 0.0730. The maximum absolute atomic E-state index is 13.0.